The van der Waals surface area contributed by atoms with Crippen LogP contribution in [0.1, 0.15) is 20.8 Å². The third kappa shape index (κ3) is 3.90. The van der Waals surface area contributed by atoms with E-state index in [1.54, 1.807) is 27.8 Å². The fourth-order valence-corrected chi connectivity index (χ4v) is 1.03. The molecule has 0 heterocycles. The van der Waals surface area contributed by atoms with Gasteiger partial charge in [-0.3, -0.25) is 4.79 Å². The summed E-state index contributed by atoms with van der Waals surface area (Å²) in [6, 6.07) is 2.07. The molecule has 0 radical (unpaired) electrons. The van der Waals surface area contributed by atoms with Crippen molar-refractivity contribution in [3.05, 3.63) is 0 Å². The van der Waals surface area contributed by atoms with Gasteiger partial charge in [-0.25, -0.2) is 0 Å². The van der Waals surface area contributed by atoms with E-state index in [-0.39, 0.29) is 11.8 Å². The van der Waals surface area contributed by atoms with Crippen LogP contribution in [0.4, 0.5) is 0 Å². The normalized spacial score (nSPS) is 13.2. The number of hydrogen-bond acceptors (Lipinski definition) is 3. The number of hydrogen-bond donors (Lipinski definition) is 1. The molecule has 4 nitrogen and oxygen atoms in total. The Labute approximate surface area is 79.3 Å². The number of likely N-dealkylation sites (N-methyl/N-ethyl adjacent to an activating group) is 1. The van der Waals surface area contributed by atoms with Crippen LogP contribution in [0.2, 0.25) is 0 Å². The minimum Gasteiger partial charge on any atom is -0.343 e. The molecule has 0 aromatic carbocycles. The van der Waals surface area contributed by atoms with Gasteiger partial charge in [-0.1, -0.05) is 0 Å². The average Bonchev–Trinajstić information content (AvgIpc) is 2.01. The zero-order chi connectivity index (χ0) is 10.6. The predicted molar refractivity (Wildman–Crippen MR) is 50.7 cm³/mol. The lowest BCUT2D eigenvalue weighted by molar-refractivity contribution is -0.134. The van der Waals surface area contributed by atoms with Crippen molar-refractivity contribution >= 4 is 5.91 Å². The first-order valence-electron chi connectivity index (χ1n) is 4.23. The van der Waals surface area contributed by atoms with Gasteiger partial charge in [0.2, 0.25) is 5.91 Å². The fraction of sp³-hybridized carbons (Fsp3) is 0.778. The van der Waals surface area contributed by atoms with Crippen LogP contribution in [-0.4, -0.2) is 29.9 Å². The third-order valence-corrected chi connectivity index (χ3v) is 1.67. The van der Waals surface area contributed by atoms with Crippen molar-refractivity contribution in [2.75, 3.05) is 13.6 Å². The second-order valence-electron chi connectivity index (χ2n) is 3.94. The molecule has 0 aliphatic rings. The van der Waals surface area contributed by atoms with E-state index < -0.39 is 5.54 Å². The molecule has 0 fully saturated rings. The zero-order valence-corrected chi connectivity index (χ0v) is 8.66. The van der Waals surface area contributed by atoms with Crippen molar-refractivity contribution in [3.8, 4) is 6.07 Å². The van der Waals surface area contributed by atoms with E-state index in [4.69, 9.17) is 11.0 Å². The summed E-state index contributed by atoms with van der Waals surface area (Å²) in [6.07, 6.45) is 0. The van der Waals surface area contributed by atoms with Crippen LogP contribution in [0.15, 0.2) is 0 Å². The molecule has 0 aliphatic carbocycles. The molecule has 0 bridgehead atoms. The number of rotatable bonds is 3. The van der Waals surface area contributed by atoms with Crippen LogP contribution in [0.25, 0.3) is 0 Å². The summed E-state index contributed by atoms with van der Waals surface area (Å²) in [6.45, 7) is 5.51. The molecule has 74 valence electrons. The Hall–Kier alpha value is -1.08. The highest BCUT2D eigenvalue weighted by Gasteiger charge is 2.26. The topological polar surface area (TPSA) is 70.1 Å². The van der Waals surface area contributed by atoms with E-state index in [0.29, 0.717) is 6.54 Å². The van der Waals surface area contributed by atoms with Crippen LogP contribution < -0.4 is 5.73 Å². The fourth-order valence-electron chi connectivity index (χ4n) is 1.03. The Morgan fingerprint density at radius 3 is 2.46 bits per heavy atom. The first-order chi connectivity index (χ1) is 5.79. The van der Waals surface area contributed by atoms with Gasteiger partial charge in [-0.15, -0.1) is 0 Å². The molecule has 1 unspecified atom stereocenters. The summed E-state index contributed by atoms with van der Waals surface area (Å²) in [7, 11) is 1.66. The highest BCUT2D eigenvalue weighted by atomic mass is 16.2. The first-order valence-corrected chi connectivity index (χ1v) is 4.23. The quantitative estimate of drug-likeness (QED) is 0.686. The van der Waals surface area contributed by atoms with Gasteiger partial charge in [0.25, 0.3) is 0 Å². The standard InChI is InChI=1S/C9H17N3O/c1-7(5-10)6-12(4)8(13)9(2,3)11/h7H,6,11H2,1-4H3. The molecule has 0 rings (SSSR count). The molecule has 0 aromatic heterocycles. The molecular weight excluding hydrogens is 166 g/mol. The number of amides is 1. The number of nitrogens with two attached hydrogens (primary N) is 1. The van der Waals surface area contributed by atoms with Gasteiger partial charge in [0.15, 0.2) is 0 Å². The molecule has 13 heavy (non-hydrogen) atoms. The Kier molecular flexibility index (Phi) is 3.89. The van der Waals surface area contributed by atoms with Crippen LogP contribution in [0.5, 0.6) is 0 Å². The van der Waals surface area contributed by atoms with E-state index in [1.807, 2.05) is 0 Å². The smallest absolute Gasteiger partial charge is 0.241 e. The van der Waals surface area contributed by atoms with Gasteiger partial charge >= 0.3 is 0 Å². The van der Waals surface area contributed by atoms with Crippen molar-refractivity contribution in [1.82, 2.24) is 4.90 Å². The second-order valence-corrected chi connectivity index (χ2v) is 3.94. The van der Waals surface area contributed by atoms with Gasteiger partial charge < -0.3 is 10.6 Å². The summed E-state index contributed by atoms with van der Waals surface area (Å²) in [5.41, 5.74) is 4.77. The predicted octanol–water partition coefficient (Wildman–Crippen LogP) is 0.342. The van der Waals surface area contributed by atoms with Gasteiger partial charge in [-0.2, -0.15) is 5.26 Å². The van der Waals surface area contributed by atoms with Crippen molar-refractivity contribution in [2.45, 2.75) is 26.3 Å². The maximum Gasteiger partial charge on any atom is 0.241 e. The van der Waals surface area contributed by atoms with E-state index >= 15 is 0 Å². The largest absolute Gasteiger partial charge is 0.343 e. The maximum atomic E-state index is 11.5. The Morgan fingerprint density at radius 1 is 1.69 bits per heavy atom. The zero-order valence-electron chi connectivity index (χ0n) is 8.66. The molecule has 0 aliphatic heterocycles. The van der Waals surface area contributed by atoms with Gasteiger partial charge in [0.1, 0.15) is 0 Å². The highest BCUT2D eigenvalue weighted by molar-refractivity contribution is 5.84. The summed E-state index contributed by atoms with van der Waals surface area (Å²) >= 11 is 0. The third-order valence-electron chi connectivity index (χ3n) is 1.67. The minimum absolute atomic E-state index is 0.144. The number of carbonyl (C=O) groups is 1. The molecule has 1 atom stereocenters. The molecule has 0 aromatic rings. The lowest BCUT2D eigenvalue weighted by atomic mass is 10.0. The number of carbonyl (C=O) groups excluding carboxylic acids is 1. The second kappa shape index (κ2) is 4.24. The molecule has 2 N–H and O–H groups in total. The van der Waals surface area contributed by atoms with Crippen molar-refractivity contribution < 1.29 is 4.79 Å². The Morgan fingerprint density at radius 2 is 2.15 bits per heavy atom. The number of nitriles is 1. The minimum atomic E-state index is -0.857. The molecule has 0 saturated carbocycles. The van der Waals surface area contributed by atoms with Crippen molar-refractivity contribution in [1.29, 1.82) is 5.26 Å². The van der Waals surface area contributed by atoms with E-state index in [1.165, 1.54) is 4.90 Å². The van der Waals surface area contributed by atoms with Gasteiger partial charge in [0, 0.05) is 13.6 Å². The van der Waals surface area contributed by atoms with Crippen LogP contribution >= 0.6 is 0 Å². The summed E-state index contributed by atoms with van der Waals surface area (Å²) in [5, 5.41) is 8.55. The summed E-state index contributed by atoms with van der Waals surface area (Å²) < 4.78 is 0. The van der Waals surface area contributed by atoms with E-state index in [0.717, 1.165) is 0 Å². The van der Waals surface area contributed by atoms with Crippen molar-refractivity contribution in [3.63, 3.8) is 0 Å². The van der Waals surface area contributed by atoms with Crippen LogP contribution in [0, 0.1) is 17.2 Å². The molecule has 0 spiro atoms. The number of nitrogens with zero attached hydrogens (tertiary/aromatic N) is 2. The van der Waals surface area contributed by atoms with Crippen LogP contribution in [-0.2, 0) is 4.79 Å². The van der Waals surface area contributed by atoms with Crippen LogP contribution in [0.3, 0.4) is 0 Å². The highest BCUT2D eigenvalue weighted by Crippen LogP contribution is 2.04. The van der Waals surface area contributed by atoms with E-state index in [2.05, 4.69) is 6.07 Å². The molecule has 1 amide bonds. The first kappa shape index (κ1) is 11.9. The average molecular weight is 183 g/mol. The molecular formula is C9H17N3O. The Bertz CT molecular complexity index is 224. The van der Waals surface area contributed by atoms with Gasteiger partial charge in [0.05, 0.1) is 17.5 Å². The maximum absolute atomic E-state index is 11.5. The molecule has 4 heteroatoms. The lowest BCUT2D eigenvalue weighted by Crippen LogP contribution is -2.50. The van der Waals surface area contributed by atoms with Crippen molar-refractivity contribution in [2.24, 2.45) is 11.7 Å². The monoisotopic (exact) mass is 183 g/mol. The summed E-state index contributed by atoms with van der Waals surface area (Å²) in [4.78, 5) is 13.0. The Balaban J connectivity index is 4.22. The lowest BCUT2D eigenvalue weighted by Gasteiger charge is -2.26. The van der Waals surface area contributed by atoms with Gasteiger partial charge in [-0.05, 0) is 20.8 Å². The summed E-state index contributed by atoms with van der Waals surface area (Å²) in [5.74, 6) is -0.300. The SMILES string of the molecule is CC(C#N)CN(C)C(=O)C(C)(C)N. The molecule has 0 saturated heterocycles. The van der Waals surface area contributed by atoms with E-state index in [9.17, 15) is 4.79 Å².